The highest BCUT2D eigenvalue weighted by Crippen LogP contribution is 2.40. The van der Waals surface area contributed by atoms with Crippen molar-refractivity contribution in [1.82, 2.24) is 4.90 Å². The van der Waals surface area contributed by atoms with Gasteiger partial charge in [-0.05, 0) is 48.7 Å². The molecule has 2 aromatic carbocycles. The summed E-state index contributed by atoms with van der Waals surface area (Å²) in [4.78, 5) is 14.2. The Morgan fingerprint density at radius 1 is 1.17 bits per heavy atom. The van der Waals surface area contributed by atoms with E-state index >= 15 is 0 Å². The number of ether oxygens (including phenoxy) is 3. The average Bonchev–Trinajstić information content (AvgIpc) is 3.02. The van der Waals surface area contributed by atoms with E-state index in [1.54, 1.807) is 17.0 Å². The number of fused-ring (bicyclic) bond motifs is 2. The number of rotatable bonds is 1. The molecule has 0 saturated heterocycles. The first-order chi connectivity index (χ1) is 11.2. The number of hydrogen-bond donors (Lipinski definition) is 0. The second kappa shape index (κ2) is 5.50. The van der Waals surface area contributed by atoms with Crippen LogP contribution in [-0.4, -0.2) is 24.3 Å². The molecule has 2 aromatic rings. The van der Waals surface area contributed by atoms with Gasteiger partial charge >= 0.3 is 6.09 Å². The first-order valence-corrected chi connectivity index (χ1v) is 7.68. The molecule has 0 spiro atoms. The van der Waals surface area contributed by atoms with Crippen molar-refractivity contribution in [1.29, 1.82) is 0 Å². The third kappa shape index (κ3) is 2.48. The van der Waals surface area contributed by atoms with E-state index in [0.29, 0.717) is 12.3 Å². The van der Waals surface area contributed by atoms with Gasteiger partial charge < -0.3 is 19.1 Å². The summed E-state index contributed by atoms with van der Waals surface area (Å²) in [6, 6.07) is 13.1. The van der Waals surface area contributed by atoms with Gasteiger partial charge in [0.05, 0.1) is 6.04 Å². The van der Waals surface area contributed by atoms with E-state index in [9.17, 15) is 4.79 Å². The summed E-state index contributed by atoms with van der Waals surface area (Å²) in [5.74, 6) is 2.09. The predicted octanol–water partition coefficient (Wildman–Crippen LogP) is 3.53. The summed E-state index contributed by atoms with van der Waals surface area (Å²) in [5.41, 5.74) is 2.29. The molecule has 2 aliphatic rings. The topological polar surface area (TPSA) is 48.0 Å². The molecule has 0 aliphatic carbocycles. The van der Waals surface area contributed by atoms with Crippen LogP contribution in [0.3, 0.4) is 0 Å². The third-order valence-corrected chi connectivity index (χ3v) is 4.36. The number of carbonyl (C=O) groups is 1. The van der Waals surface area contributed by atoms with E-state index in [1.807, 2.05) is 37.3 Å². The lowest BCUT2D eigenvalue weighted by Crippen LogP contribution is -2.40. The Morgan fingerprint density at radius 2 is 1.91 bits per heavy atom. The van der Waals surface area contributed by atoms with E-state index in [-0.39, 0.29) is 18.9 Å². The summed E-state index contributed by atoms with van der Waals surface area (Å²) in [7, 11) is 0. The molecular formula is C18H17NO4. The van der Waals surface area contributed by atoms with E-state index in [2.05, 4.69) is 0 Å². The van der Waals surface area contributed by atoms with Gasteiger partial charge in [-0.15, -0.1) is 0 Å². The quantitative estimate of drug-likeness (QED) is 0.808. The molecule has 1 atom stereocenters. The Kier molecular flexibility index (Phi) is 3.33. The first-order valence-electron chi connectivity index (χ1n) is 7.68. The fourth-order valence-corrected chi connectivity index (χ4v) is 3.11. The summed E-state index contributed by atoms with van der Waals surface area (Å²) in [6.07, 6.45) is 0.451. The molecule has 0 N–H and O–H groups in total. The van der Waals surface area contributed by atoms with E-state index in [0.717, 1.165) is 23.5 Å². The van der Waals surface area contributed by atoms with Crippen LogP contribution >= 0.6 is 0 Å². The normalized spacial score (nSPS) is 18.5. The molecule has 2 heterocycles. The summed E-state index contributed by atoms with van der Waals surface area (Å²) >= 11 is 0. The Morgan fingerprint density at radius 3 is 2.70 bits per heavy atom. The minimum absolute atomic E-state index is 0.0653. The van der Waals surface area contributed by atoms with Crippen LogP contribution in [0.5, 0.6) is 17.2 Å². The van der Waals surface area contributed by atoms with Gasteiger partial charge in [0.25, 0.3) is 0 Å². The van der Waals surface area contributed by atoms with Crippen molar-refractivity contribution in [2.24, 2.45) is 0 Å². The molecular weight excluding hydrogens is 294 g/mol. The molecule has 0 bridgehead atoms. The Hall–Kier alpha value is -2.69. The van der Waals surface area contributed by atoms with Gasteiger partial charge in [-0.3, -0.25) is 0 Å². The molecule has 0 aromatic heterocycles. The van der Waals surface area contributed by atoms with Crippen LogP contribution in [-0.2, 0) is 6.42 Å². The van der Waals surface area contributed by atoms with Crippen LogP contribution < -0.4 is 14.2 Å². The Balaban J connectivity index is 1.57. The van der Waals surface area contributed by atoms with Crippen LogP contribution in [0, 0.1) is 0 Å². The zero-order valence-corrected chi connectivity index (χ0v) is 12.8. The van der Waals surface area contributed by atoms with Crippen molar-refractivity contribution in [2.75, 3.05) is 13.3 Å². The monoisotopic (exact) mass is 311 g/mol. The number of carbonyl (C=O) groups excluding carboxylic acids is 1. The lowest BCUT2D eigenvalue weighted by atomic mass is 9.93. The fourth-order valence-electron chi connectivity index (χ4n) is 3.11. The van der Waals surface area contributed by atoms with Crippen molar-refractivity contribution >= 4 is 6.09 Å². The molecule has 5 nitrogen and oxygen atoms in total. The first kappa shape index (κ1) is 13.9. The van der Waals surface area contributed by atoms with Gasteiger partial charge in [0, 0.05) is 6.54 Å². The molecule has 23 heavy (non-hydrogen) atoms. The van der Waals surface area contributed by atoms with Crippen LogP contribution in [0.1, 0.15) is 24.1 Å². The minimum atomic E-state index is -0.327. The molecule has 0 fully saturated rings. The summed E-state index contributed by atoms with van der Waals surface area (Å²) < 4.78 is 16.3. The van der Waals surface area contributed by atoms with Crippen molar-refractivity contribution < 1.29 is 19.0 Å². The maximum atomic E-state index is 12.5. The van der Waals surface area contributed by atoms with Crippen molar-refractivity contribution in [2.45, 2.75) is 19.4 Å². The van der Waals surface area contributed by atoms with Crippen molar-refractivity contribution in [3.05, 3.63) is 53.6 Å². The highest BCUT2D eigenvalue weighted by atomic mass is 16.7. The van der Waals surface area contributed by atoms with Gasteiger partial charge in [0.1, 0.15) is 5.75 Å². The molecule has 1 amide bonds. The van der Waals surface area contributed by atoms with Crippen LogP contribution in [0.25, 0.3) is 0 Å². The fraction of sp³-hybridized carbons (Fsp3) is 0.278. The molecule has 4 rings (SSSR count). The molecule has 0 saturated carbocycles. The van der Waals surface area contributed by atoms with Gasteiger partial charge in [-0.2, -0.15) is 0 Å². The summed E-state index contributed by atoms with van der Waals surface area (Å²) in [5, 5.41) is 0. The van der Waals surface area contributed by atoms with E-state index in [4.69, 9.17) is 14.2 Å². The smallest absolute Gasteiger partial charge is 0.415 e. The maximum absolute atomic E-state index is 12.5. The summed E-state index contributed by atoms with van der Waals surface area (Å²) in [6.45, 7) is 2.89. The lowest BCUT2D eigenvalue weighted by molar-refractivity contribution is 0.131. The van der Waals surface area contributed by atoms with Gasteiger partial charge in [0.2, 0.25) is 6.79 Å². The molecule has 1 unspecified atom stereocenters. The van der Waals surface area contributed by atoms with E-state index in [1.165, 1.54) is 5.56 Å². The molecule has 0 radical (unpaired) electrons. The van der Waals surface area contributed by atoms with Gasteiger partial charge in [-0.25, -0.2) is 4.79 Å². The number of benzene rings is 2. The second-order valence-electron chi connectivity index (χ2n) is 5.70. The van der Waals surface area contributed by atoms with Crippen LogP contribution in [0.4, 0.5) is 4.79 Å². The predicted molar refractivity (Wildman–Crippen MR) is 83.9 cm³/mol. The second-order valence-corrected chi connectivity index (χ2v) is 5.70. The third-order valence-electron chi connectivity index (χ3n) is 4.36. The number of hydrogen-bond acceptors (Lipinski definition) is 4. The maximum Gasteiger partial charge on any atom is 0.415 e. The van der Waals surface area contributed by atoms with Gasteiger partial charge in [0.15, 0.2) is 11.5 Å². The molecule has 5 heteroatoms. The van der Waals surface area contributed by atoms with Crippen molar-refractivity contribution in [3.63, 3.8) is 0 Å². The van der Waals surface area contributed by atoms with Gasteiger partial charge in [-0.1, -0.05) is 18.2 Å². The standard InChI is InChI=1S/C18H17NO4/c1-12-15-10-17-16(21-11-22-17)9-13(15)7-8-19(12)18(20)23-14-5-3-2-4-6-14/h2-6,9-10,12H,7-8,11H2,1H3. The SMILES string of the molecule is CC1c2cc3c(cc2CCN1C(=O)Oc1ccccc1)OCO3. The highest BCUT2D eigenvalue weighted by molar-refractivity contribution is 5.72. The molecule has 118 valence electrons. The number of amides is 1. The van der Waals surface area contributed by atoms with Crippen molar-refractivity contribution in [3.8, 4) is 17.2 Å². The van der Waals surface area contributed by atoms with Crippen LogP contribution in [0.2, 0.25) is 0 Å². The number of para-hydroxylation sites is 1. The average molecular weight is 311 g/mol. The number of nitrogens with zero attached hydrogens (tertiary/aromatic N) is 1. The Bertz CT molecular complexity index is 744. The Labute approximate surface area is 134 Å². The lowest BCUT2D eigenvalue weighted by Gasteiger charge is -2.34. The highest BCUT2D eigenvalue weighted by Gasteiger charge is 2.31. The van der Waals surface area contributed by atoms with E-state index < -0.39 is 0 Å². The zero-order chi connectivity index (χ0) is 15.8. The molecule has 2 aliphatic heterocycles. The van der Waals surface area contributed by atoms with Crippen LogP contribution in [0.15, 0.2) is 42.5 Å². The zero-order valence-electron chi connectivity index (χ0n) is 12.8. The minimum Gasteiger partial charge on any atom is -0.454 e. The largest absolute Gasteiger partial charge is 0.454 e.